The average molecular weight is 413 g/mol. The van der Waals surface area contributed by atoms with E-state index in [1.807, 2.05) is 18.2 Å². The second kappa shape index (κ2) is 9.41. The van der Waals surface area contributed by atoms with Crippen LogP contribution in [-0.4, -0.2) is 28.7 Å². The predicted octanol–water partition coefficient (Wildman–Crippen LogP) is 3.07. The predicted molar refractivity (Wildman–Crippen MR) is 108 cm³/mol. The molecular weight excluding hydrogens is 388 g/mol. The number of hydrogen-bond donors (Lipinski definition) is 2. The highest BCUT2D eigenvalue weighted by molar-refractivity contribution is 7.89. The van der Waals surface area contributed by atoms with Gasteiger partial charge in [-0.15, -0.1) is 12.4 Å². The van der Waals surface area contributed by atoms with Crippen molar-refractivity contribution >= 4 is 28.1 Å². The number of methoxy groups -OCH3 is 1. The minimum atomic E-state index is -3.62. The zero-order chi connectivity index (χ0) is 18.6. The Kier molecular flexibility index (Phi) is 7.49. The van der Waals surface area contributed by atoms with Crippen molar-refractivity contribution in [2.75, 3.05) is 26.1 Å². The average Bonchev–Trinajstić information content (AvgIpc) is 2.62. The molecule has 0 bridgehead atoms. The molecule has 0 aromatic heterocycles. The summed E-state index contributed by atoms with van der Waals surface area (Å²) in [6.07, 6.45) is 2.62. The SMILES string of the molecule is COCCOc1ccc(S(=O)(=O)NC2CCCc3cc(N)ccc32)cc1.Cl. The van der Waals surface area contributed by atoms with Crippen molar-refractivity contribution in [3.63, 3.8) is 0 Å². The van der Waals surface area contributed by atoms with Gasteiger partial charge in [-0.2, -0.15) is 0 Å². The third-order valence-electron chi connectivity index (χ3n) is 4.47. The molecule has 27 heavy (non-hydrogen) atoms. The second-order valence-electron chi connectivity index (χ2n) is 6.34. The van der Waals surface area contributed by atoms with Crippen molar-refractivity contribution in [1.29, 1.82) is 0 Å². The minimum absolute atomic E-state index is 0. The number of nitrogens with two attached hydrogens (primary N) is 1. The van der Waals surface area contributed by atoms with Gasteiger partial charge in [0.2, 0.25) is 10.0 Å². The van der Waals surface area contributed by atoms with Crippen molar-refractivity contribution in [2.24, 2.45) is 0 Å². The summed E-state index contributed by atoms with van der Waals surface area (Å²) in [6.45, 7) is 0.899. The smallest absolute Gasteiger partial charge is 0.241 e. The van der Waals surface area contributed by atoms with E-state index >= 15 is 0 Å². The number of aryl methyl sites for hydroxylation is 1. The third-order valence-corrected chi connectivity index (χ3v) is 5.96. The molecule has 1 aliphatic carbocycles. The van der Waals surface area contributed by atoms with Crippen LogP contribution in [0.3, 0.4) is 0 Å². The number of nitrogen functional groups attached to an aromatic ring is 1. The summed E-state index contributed by atoms with van der Waals surface area (Å²) in [5.74, 6) is 0.611. The molecule has 2 aromatic rings. The van der Waals surface area contributed by atoms with Crippen LogP contribution in [0.15, 0.2) is 47.4 Å². The first-order valence-corrected chi connectivity index (χ1v) is 10.1. The van der Waals surface area contributed by atoms with E-state index in [1.54, 1.807) is 31.4 Å². The second-order valence-corrected chi connectivity index (χ2v) is 8.05. The van der Waals surface area contributed by atoms with Gasteiger partial charge in [0.15, 0.2) is 0 Å². The molecule has 0 saturated heterocycles. The van der Waals surface area contributed by atoms with Crippen molar-refractivity contribution in [3.8, 4) is 5.75 Å². The van der Waals surface area contributed by atoms with Gasteiger partial charge < -0.3 is 15.2 Å². The quantitative estimate of drug-likeness (QED) is 0.538. The van der Waals surface area contributed by atoms with E-state index in [9.17, 15) is 8.42 Å². The molecule has 1 aliphatic rings. The van der Waals surface area contributed by atoms with Gasteiger partial charge in [-0.05, 0) is 66.8 Å². The molecular formula is C19H25ClN2O4S. The summed E-state index contributed by atoms with van der Waals surface area (Å²) < 4.78 is 38.7. The Morgan fingerprint density at radius 1 is 1.15 bits per heavy atom. The largest absolute Gasteiger partial charge is 0.491 e. The van der Waals surface area contributed by atoms with Gasteiger partial charge in [-0.1, -0.05) is 6.07 Å². The zero-order valence-corrected chi connectivity index (χ0v) is 16.8. The number of ether oxygens (including phenoxy) is 2. The van der Waals surface area contributed by atoms with Crippen molar-refractivity contribution in [3.05, 3.63) is 53.6 Å². The molecule has 2 aromatic carbocycles. The fourth-order valence-electron chi connectivity index (χ4n) is 3.17. The first-order valence-electron chi connectivity index (χ1n) is 8.62. The third kappa shape index (κ3) is 5.35. The van der Waals surface area contributed by atoms with E-state index in [1.165, 1.54) is 0 Å². The Bertz CT molecular complexity index is 857. The van der Waals surface area contributed by atoms with Gasteiger partial charge in [-0.25, -0.2) is 13.1 Å². The van der Waals surface area contributed by atoms with Gasteiger partial charge in [0.1, 0.15) is 12.4 Å². The van der Waals surface area contributed by atoms with E-state index < -0.39 is 10.0 Å². The molecule has 0 radical (unpaired) electrons. The molecule has 0 spiro atoms. The summed E-state index contributed by atoms with van der Waals surface area (Å²) in [6, 6.07) is 11.8. The fraction of sp³-hybridized carbons (Fsp3) is 0.368. The van der Waals surface area contributed by atoms with Gasteiger partial charge in [0, 0.05) is 18.8 Å². The van der Waals surface area contributed by atoms with Crippen LogP contribution in [0.2, 0.25) is 0 Å². The van der Waals surface area contributed by atoms with E-state index in [-0.39, 0.29) is 23.3 Å². The normalized spacial score (nSPS) is 16.3. The van der Waals surface area contributed by atoms with E-state index in [0.29, 0.717) is 24.7 Å². The number of fused-ring (bicyclic) bond motifs is 1. The number of rotatable bonds is 7. The molecule has 148 valence electrons. The minimum Gasteiger partial charge on any atom is -0.491 e. The summed E-state index contributed by atoms with van der Waals surface area (Å²) in [5, 5.41) is 0. The lowest BCUT2D eigenvalue weighted by molar-refractivity contribution is 0.146. The van der Waals surface area contributed by atoms with Crippen LogP contribution in [0.5, 0.6) is 5.75 Å². The number of hydrogen-bond acceptors (Lipinski definition) is 5. The molecule has 8 heteroatoms. The highest BCUT2D eigenvalue weighted by Gasteiger charge is 2.25. The van der Waals surface area contributed by atoms with Crippen LogP contribution in [0.4, 0.5) is 5.69 Å². The number of benzene rings is 2. The zero-order valence-electron chi connectivity index (χ0n) is 15.2. The lowest BCUT2D eigenvalue weighted by Crippen LogP contribution is -2.31. The Balaban J connectivity index is 0.00000261. The lowest BCUT2D eigenvalue weighted by Gasteiger charge is -2.26. The highest BCUT2D eigenvalue weighted by Crippen LogP contribution is 2.32. The Labute approximate surface area is 166 Å². The van der Waals surface area contributed by atoms with Crippen molar-refractivity contribution in [2.45, 2.75) is 30.2 Å². The topological polar surface area (TPSA) is 90.6 Å². The monoisotopic (exact) mass is 412 g/mol. The van der Waals surface area contributed by atoms with Crippen LogP contribution in [0, 0.1) is 0 Å². The standard InChI is InChI=1S/C19H24N2O4S.ClH/c1-24-11-12-25-16-6-8-17(9-7-16)26(22,23)21-19-4-2-3-14-13-15(20)5-10-18(14)19;/h5-10,13,19,21H,2-4,11-12,20H2,1H3;1H. The molecule has 3 N–H and O–H groups in total. The molecule has 0 heterocycles. The van der Waals surface area contributed by atoms with Crippen LogP contribution in [0.1, 0.15) is 30.0 Å². The van der Waals surface area contributed by atoms with Gasteiger partial charge >= 0.3 is 0 Å². The number of nitrogens with one attached hydrogen (secondary N) is 1. The van der Waals surface area contributed by atoms with Gasteiger partial charge in [0.25, 0.3) is 0 Å². The molecule has 3 rings (SSSR count). The van der Waals surface area contributed by atoms with E-state index in [0.717, 1.165) is 30.4 Å². The van der Waals surface area contributed by atoms with Crippen molar-refractivity contribution in [1.82, 2.24) is 4.72 Å². The fourth-order valence-corrected chi connectivity index (χ4v) is 4.42. The summed E-state index contributed by atoms with van der Waals surface area (Å²) in [4.78, 5) is 0.221. The van der Waals surface area contributed by atoms with Crippen LogP contribution < -0.4 is 15.2 Å². The highest BCUT2D eigenvalue weighted by atomic mass is 35.5. The van der Waals surface area contributed by atoms with Gasteiger partial charge in [-0.3, -0.25) is 0 Å². The maximum absolute atomic E-state index is 12.8. The summed E-state index contributed by atoms with van der Waals surface area (Å²) >= 11 is 0. The Hall–Kier alpha value is -1.80. The van der Waals surface area contributed by atoms with Crippen LogP contribution >= 0.6 is 12.4 Å². The summed E-state index contributed by atoms with van der Waals surface area (Å²) in [7, 11) is -2.02. The van der Waals surface area contributed by atoms with E-state index in [4.69, 9.17) is 15.2 Å². The molecule has 1 unspecified atom stereocenters. The summed E-state index contributed by atoms with van der Waals surface area (Å²) in [5.41, 5.74) is 8.67. The Morgan fingerprint density at radius 2 is 1.89 bits per heavy atom. The molecule has 6 nitrogen and oxygen atoms in total. The van der Waals surface area contributed by atoms with Crippen LogP contribution in [0.25, 0.3) is 0 Å². The molecule has 0 amide bonds. The molecule has 0 aliphatic heterocycles. The number of sulfonamides is 1. The Morgan fingerprint density at radius 3 is 2.59 bits per heavy atom. The first-order chi connectivity index (χ1) is 12.5. The first kappa shape index (κ1) is 21.5. The molecule has 0 fully saturated rings. The number of halogens is 1. The maximum Gasteiger partial charge on any atom is 0.241 e. The molecule has 1 atom stereocenters. The molecule has 0 saturated carbocycles. The maximum atomic E-state index is 12.8. The van der Waals surface area contributed by atoms with Crippen molar-refractivity contribution < 1.29 is 17.9 Å². The van der Waals surface area contributed by atoms with Crippen LogP contribution in [-0.2, 0) is 21.2 Å². The van der Waals surface area contributed by atoms with Gasteiger partial charge in [0.05, 0.1) is 11.5 Å². The van der Waals surface area contributed by atoms with E-state index in [2.05, 4.69) is 4.72 Å². The lowest BCUT2D eigenvalue weighted by atomic mass is 9.88. The number of anilines is 1.